The molecule has 0 fully saturated rings. The molecule has 144 valence electrons. The number of nitrogens with zero attached hydrogens (tertiary/aromatic N) is 1. The quantitative estimate of drug-likeness (QED) is 0.266. The van der Waals surface area contributed by atoms with E-state index in [-0.39, 0.29) is 29.9 Å². The number of nitrogens with one attached hydrogen (secondary N) is 2. The van der Waals surface area contributed by atoms with Crippen LogP contribution in [-0.2, 0) is 17.6 Å². The summed E-state index contributed by atoms with van der Waals surface area (Å²) in [4.78, 5) is 15.6. The van der Waals surface area contributed by atoms with Crippen LogP contribution in [0.4, 0.5) is 24.5 Å². The number of amides is 1. The monoisotopic (exact) mass is 490 g/mol. The molecule has 2 aromatic carbocycles. The minimum absolute atomic E-state index is 0. The average molecular weight is 490 g/mol. The summed E-state index contributed by atoms with van der Waals surface area (Å²) in [5.74, 6) is -5.14. The van der Waals surface area contributed by atoms with Crippen molar-refractivity contribution in [1.82, 2.24) is 0 Å². The highest BCUT2D eigenvalue weighted by atomic mass is 127. The standard InChI is InChI=1S/C18H17F3N4O.HI/c19-13-6-7-14(17(21)16(13)20)25-15(26)9-23-18(22)24-12-5-4-10-2-1-3-11(10)8-12;/h4-8H,1-3,9H2,(H,25,26)(H3,22,23,24);1H. The van der Waals surface area contributed by atoms with Gasteiger partial charge >= 0.3 is 0 Å². The van der Waals surface area contributed by atoms with E-state index < -0.39 is 35.6 Å². The molecule has 1 aliphatic carbocycles. The van der Waals surface area contributed by atoms with Crippen molar-refractivity contribution >= 4 is 47.2 Å². The van der Waals surface area contributed by atoms with Crippen molar-refractivity contribution in [3.63, 3.8) is 0 Å². The molecular weight excluding hydrogens is 472 g/mol. The van der Waals surface area contributed by atoms with Gasteiger partial charge in [0.05, 0.1) is 5.69 Å². The fourth-order valence-corrected chi connectivity index (χ4v) is 2.81. The molecule has 0 spiro atoms. The summed E-state index contributed by atoms with van der Waals surface area (Å²) in [7, 11) is 0. The van der Waals surface area contributed by atoms with Crippen LogP contribution >= 0.6 is 24.0 Å². The van der Waals surface area contributed by atoms with Crippen LogP contribution in [0.2, 0.25) is 0 Å². The minimum Gasteiger partial charge on any atom is -0.370 e. The van der Waals surface area contributed by atoms with E-state index in [0.29, 0.717) is 0 Å². The van der Waals surface area contributed by atoms with Crippen LogP contribution in [-0.4, -0.2) is 18.4 Å². The van der Waals surface area contributed by atoms with Gasteiger partial charge in [0.2, 0.25) is 5.91 Å². The summed E-state index contributed by atoms with van der Waals surface area (Å²) in [6.07, 6.45) is 3.22. The first-order valence-electron chi connectivity index (χ1n) is 8.06. The second-order valence-corrected chi connectivity index (χ2v) is 5.93. The number of rotatable bonds is 4. The van der Waals surface area contributed by atoms with Crippen LogP contribution in [0.15, 0.2) is 35.3 Å². The normalized spacial score (nSPS) is 12.9. The lowest BCUT2D eigenvalue weighted by molar-refractivity contribution is -0.114. The van der Waals surface area contributed by atoms with Crippen LogP contribution in [0.3, 0.4) is 0 Å². The average Bonchev–Trinajstić information content (AvgIpc) is 3.08. The van der Waals surface area contributed by atoms with Gasteiger partial charge in [0.15, 0.2) is 23.4 Å². The number of guanidine groups is 1. The summed E-state index contributed by atoms with van der Waals surface area (Å²) in [6.45, 7) is -0.401. The van der Waals surface area contributed by atoms with Gasteiger partial charge in [-0.25, -0.2) is 18.2 Å². The zero-order valence-electron chi connectivity index (χ0n) is 14.2. The first-order chi connectivity index (χ1) is 12.4. The maximum absolute atomic E-state index is 13.5. The Morgan fingerprint density at radius 3 is 2.56 bits per heavy atom. The Balaban J connectivity index is 0.00000261. The number of carbonyl (C=O) groups is 1. The first-order valence-corrected chi connectivity index (χ1v) is 8.06. The number of halogens is 4. The predicted octanol–water partition coefficient (Wildman–Crippen LogP) is 3.58. The molecule has 9 heteroatoms. The molecule has 0 bridgehead atoms. The van der Waals surface area contributed by atoms with Crippen LogP contribution in [0.1, 0.15) is 17.5 Å². The number of fused-ring (bicyclic) bond motifs is 1. The number of aryl methyl sites for hydroxylation is 2. The van der Waals surface area contributed by atoms with Gasteiger partial charge in [-0.05, 0) is 54.7 Å². The summed E-state index contributed by atoms with van der Waals surface area (Å²) < 4.78 is 39.5. The molecule has 1 amide bonds. The van der Waals surface area contributed by atoms with Gasteiger partial charge in [0.25, 0.3) is 0 Å². The second-order valence-electron chi connectivity index (χ2n) is 5.93. The number of carbonyl (C=O) groups excluding carboxylic acids is 1. The lowest BCUT2D eigenvalue weighted by Crippen LogP contribution is -2.25. The number of hydrogen-bond acceptors (Lipinski definition) is 2. The van der Waals surface area contributed by atoms with E-state index in [4.69, 9.17) is 5.73 Å². The van der Waals surface area contributed by atoms with E-state index in [1.165, 1.54) is 11.1 Å². The van der Waals surface area contributed by atoms with E-state index >= 15 is 0 Å². The molecule has 5 nitrogen and oxygen atoms in total. The molecule has 0 saturated heterocycles. The van der Waals surface area contributed by atoms with Gasteiger partial charge < -0.3 is 16.4 Å². The predicted molar refractivity (Wildman–Crippen MR) is 109 cm³/mol. The third kappa shape index (κ3) is 5.12. The first kappa shape index (κ1) is 21.0. The molecule has 4 N–H and O–H groups in total. The van der Waals surface area contributed by atoms with E-state index in [2.05, 4.69) is 15.6 Å². The van der Waals surface area contributed by atoms with Crippen LogP contribution < -0.4 is 16.4 Å². The minimum atomic E-state index is -1.65. The van der Waals surface area contributed by atoms with Crippen LogP contribution in [0.5, 0.6) is 0 Å². The highest BCUT2D eigenvalue weighted by Gasteiger charge is 2.15. The van der Waals surface area contributed by atoms with E-state index in [1.807, 2.05) is 18.2 Å². The molecule has 2 aromatic rings. The number of benzene rings is 2. The van der Waals surface area contributed by atoms with E-state index in [0.717, 1.165) is 37.1 Å². The molecule has 0 saturated carbocycles. The highest BCUT2D eigenvalue weighted by molar-refractivity contribution is 14.0. The van der Waals surface area contributed by atoms with Crippen LogP contribution in [0.25, 0.3) is 0 Å². The number of anilines is 2. The molecule has 1 aliphatic rings. The van der Waals surface area contributed by atoms with Crippen molar-refractivity contribution < 1.29 is 18.0 Å². The largest absolute Gasteiger partial charge is 0.370 e. The Morgan fingerprint density at radius 2 is 1.78 bits per heavy atom. The Morgan fingerprint density at radius 1 is 1.04 bits per heavy atom. The lowest BCUT2D eigenvalue weighted by atomic mass is 10.1. The third-order valence-corrected chi connectivity index (χ3v) is 4.07. The second kappa shape index (κ2) is 9.07. The van der Waals surface area contributed by atoms with Crippen LogP contribution in [0, 0.1) is 17.5 Å². The molecule has 0 atom stereocenters. The highest BCUT2D eigenvalue weighted by Crippen LogP contribution is 2.24. The SMILES string of the molecule is I.NC(=NCC(=O)Nc1ccc(F)c(F)c1F)Nc1ccc2c(c1)CCC2. The molecule has 0 radical (unpaired) electrons. The van der Waals surface area contributed by atoms with Gasteiger partial charge in [-0.2, -0.15) is 0 Å². The van der Waals surface area contributed by atoms with Gasteiger partial charge in [-0.1, -0.05) is 6.07 Å². The zero-order valence-corrected chi connectivity index (χ0v) is 16.5. The number of aliphatic imine (C=N–C) groups is 1. The van der Waals surface area contributed by atoms with E-state index in [1.54, 1.807) is 0 Å². The van der Waals surface area contributed by atoms with Crippen molar-refractivity contribution in [2.75, 3.05) is 17.2 Å². The van der Waals surface area contributed by atoms with Crippen molar-refractivity contribution in [2.45, 2.75) is 19.3 Å². The summed E-state index contributed by atoms with van der Waals surface area (Å²) in [5.41, 5.74) is 8.62. The molecule has 0 unspecified atom stereocenters. The van der Waals surface area contributed by atoms with Gasteiger partial charge in [0.1, 0.15) is 6.54 Å². The van der Waals surface area contributed by atoms with Gasteiger partial charge in [-0.3, -0.25) is 4.79 Å². The van der Waals surface area contributed by atoms with Crippen molar-refractivity contribution in [1.29, 1.82) is 0 Å². The van der Waals surface area contributed by atoms with Crippen molar-refractivity contribution in [2.24, 2.45) is 10.7 Å². The topological polar surface area (TPSA) is 79.5 Å². The third-order valence-electron chi connectivity index (χ3n) is 4.07. The molecule has 0 aromatic heterocycles. The Labute approximate surface area is 171 Å². The maximum Gasteiger partial charge on any atom is 0.246 e. The van der Waals surface area contributed by atoms with E-state index in [9.17, 15) is 18.0 Å². The Hall–Kier alpha value is -2.30. The zero-order chi connectivity index (χ0) is 18.7. The lowest BCUT2D eigenvalue weighted by Gasteiger charge is -2.09. The smallest absolute Gasteiger partial charge is 0.246 e. The van der Waals surface area contributed by atoms with Crippen molar-refractivity contribution in [3.8, 4) is 0 Å². The molecule has 3 rings (SSSR count). The number of nitrogens with two attached hydrogens (primary N) is 1. The van der Waals surface area contributed by atoms with Gasteiger partial charge in [-0.15, -0.1) is 24.0 Å². The molecular formula is C18H18F3IN4O. The maximum atomic E-state index is 13.5. The Bertz CT molecular complexity index is 889. The Kier molecular flexibility index (Phi) is 7.05. The fraction of sp³-hybridized carbons (Fsp3) is 0.222. The summed E-state index contributed by atoms with van der Waals surface area (Å²) in [6, 6.07) is 7.55. The molecule has 27 heavy (non-hydrogen) atoms. The molecule has 0 aliphatic heterocycles. The molecule has 0 heterocycles. The summed E-state index contributed by atoms with van der Waals surface area (Å²) >= 11 is 0. The van der Waals surface area contributed by atoms with Crippen molar-refractivity contribution in [3.05, 3.63) is 58.9 Å². The fourth-order valence-electron chi connectivity index (χ4n) is 2.81. The summed E-state index contributed by atoms with van der Waals surface area (Å²) in [5, 5.41) is 5.00. The number of hydrogen-bond donors (Lipinski definition) is 3. The van der Waals surface area contributed by atoms with Gasteiger partial charge in [0, 0.05) is 5.69 Å².